The standard InChI is InChI=1S/C15H12Cl2F3N5/c1-8(10-4-3-9(16)7-11(10)17)24(2)13-6-5-12-21-22-14(15(18,19)20)25(12)23-13/h3-8H,1-2H3/t8-/m1/s1. The fraction of sp³-hybridized carbons (Fsp3) is 0.267. The van der Waals surface area contributed by atoms with Crippen LogP contribution in [0.25, 0.3) is 5.65 Å². The molecule has 0 saturated heterocycles. The maximum absolute atomic E-state index is 13.0. The van der Waals surface area contributed by atoms with Crippen LogP contribution in [-0.4, -0.2) is 26.9 Å². The zero-order valence-electron chi connectivity index (χ0n) is 13.1. The zero-order valence-corrected chi connectivity index (χ0v) is 14.6. The molecule has 25 heavy (non-hydrogen) atoms. The lowest BCUT2D eigenvalue weighted by Gasteiger charge is -2.27. The van der Waals surface area contributed by atoms with Crippen molar-refractivity contribution in [1.82, 2.24) is 19.8 Å². The van der Waals surface area contributed by atoms with Crippen molar-refractivity contribution in [3.05, 3.63) is 51.8 Å². The Morgan fingerprint density at radius 3 is 2.48 bits per heavy atom. The Bertz CT molecular complexity index is 925. The van der Waals surface area contributed by atoms with Crippen LogP contribution in [0.15, 0.2) is 30.3 Å². The number of hydrogen-bond donors (Lipinski definition) is 0. The molecule has 0 aliphatic carbocycles. The third kappa shape index (κ3) is 3.36. The second kappa shape index (κ2) is 6.34. The minimum Gasteiger partial charge on any atom is -0.351 e. The fourth-order valence-electron chi connectivity index (χ4n) is 2.39. The van der Waals surface area contributed by atoms with Crippen LogP contribution in [0.3, 0.4) is 0 Å². The first-order valence-corrected chi connectivity index (χ1v) is 7.91. The van der Waals surface area contributed by atoms with Gasteiger partial charge in [0, 0.05) is 17.1 Å². The highest BCUT2D eigenvalue weighted by molar-refractivity contribution is 6.35. The number of alkyl halides is 3. The molecule has 5 nitrogen and oxygen atoms in total. The second-order valence-corrected chi connectivity index (χ2v) is 6.28. The average molecular weight is 390 g/mol. The summed E-state index contributed by atoms with van der Waals surface area (Å²) in [6, 6.07) is 7.83. The van der Waals surface area contributed by atoms with Gasteiger partial charge in [-0.2, -0.15) is 17.7 Å². The average Bonchev–Trinajstić information content (AvgIpc) is 2.96. The van der Waals surface area contributed by atoms with E-state index in [2.05, 4.69) is 15.3 Å². The smallest absolute Gasteiger partial charge is 0.351 e. The Morgan fingerprint density at radius 1 is 1.12 bits per heavy atom. The van der Waals surface area contributed by atoms with E-state index in [-0.39, 0.29) is 11.7 Å². The lowest BCUT2D eigenvalue weighted by Crippen LogP contribution is -2.24. The van der Waals surface area contributed by atoms with Crippen molar-refractivity contribution in [2.45, 2.75) is 19.1 Å². The summed E-state index contributed by atoms with van der Waals surface area (Å²) in [5, 5.41) is 11.6. The number of rotatable bonds is 3. The Labute approximate surface area is 151 Å². The molecule has 0 amide bonds. The van der Waals surface area contributed by atoms with Gasteiger partial charge in [-0.3, -0.25) is 0 Å². The molecule has 0 saturated carbocycles. The van der Waals surface area contributed by atoms with Crippen molar-refractivity contribution in [2.75, 3.05) is 11.9 Å². The lowest BCUT2D eigenvalue weighted by atomic mass is 10.1. The number of anilines is 1. The zero-order chi connectivity index (χ0) is 18.4. The highest BCUT2D eigenvalue weighted by Crippen LogP contribution is 2.32. The largest absolute Gasteiger partial charge is 0.453 e. The fourth-order valence-corrected chi connectivity index (χ4v) is 2.96. The van der Waals surface area contributed by atoms with E-state index in [9.17, 15) is 13.2 Å². The molecular formula is C15H12Cl2F3N5. The van der Waals surface area contributed by atoms with Crippen molar-refractivity contribution in [3.63, 3.8) is 0 Å². The molecule has 3 rings (SSSR count). The van der Waals surface area contributed by atoms with E-state index in [0.29, 0.717) is 20.4 Å². The van der Waals surface area contributed by atoms with Crippen molar-refractivity contribution in [2.24, 2.45) is 0 Å². The lowest BCUT2D eigenvalue weighted by molar-refractivity contribution is -0.146. The van der Waals surface area contributed by atoms with Crippen molar-refractivity contribution in [1.29, 1.82) is 0 Å². The van der Waals surface area contributed by atoms with E-state index in [1.54, 1.807) is 36.2 Å². The van der Waals surface area contributed by atoms with Crippen LogP contribution in [0.5, 0.6) is 0 Å². The molecule has 0 bridgehead atoms. The molecule has 10 heteroatoms. The Kier molecular flexibility index (Phi) is 4.51. The molecule has 0 aliphatic heterocycles. The van der Waals surface area contributed by atoms with E-state index >= 15 is 0 Å². The van der Waals surface area contributed by atoms with Crippen molar-refractivity contribution < 1.29 is 13.2 Å². The van der Waals surface area contributed by atoms with E-state index in [4.69, 9.17) is 23.2 Å². The molecule has 0 unspecified atom stereocenters. The number of halogens is 5. The van der Waals surface area contributed by atoms with Crippen molar-refractivity contribution >= 4 is 34.7 Å². The Morgan fingerprint density at radius 2 is 1.84 bits per heavy atom. The monoisotopic (exact) mass is 389 g/mol. The van der Waals surface area contributed by atoms with Crippen molar-refractivity contribution in [3.8, 4) is 0 Å². The van der Waals surface area contributed by atoms with Gasteiger partial charge in [-0.15, -0.1) is 15.3 Å². The molecule has 1 atom stereocenters. The molecule has 132 valence electrons. The number of nitrogens with zero attached hydrogens (tertiary/aromatic N) is 5. The Hall–Kier alpha value is -2.06. The molecule has 0 fully saturated rings. The molecule has 0 aliphatic rings. The molecule has 0 spiro atoms. The van der Waals surface area contributed by atoms with Crippen LogP contribution < -0.4 is 4.90 Å². The third-order valence-corrected chi connectivity index (χ3v) is 4.42. The summed E-state index contributed by atoms with van der Waals surface area (Å²) in [5.74, 6) is -0.855. The van der Waals surface area contributed by atoms with Gasteiger partial charge in [0.2, 0.25) is 0 Å². The molecule has 0 radical (unpaired) electrons. The summed E-state index contributed by atoms with van der Waals surface area (Å²) in [4.78, 5) is 1.70. The number of hydrogen-bond acceptors (Lipinski definition) is 4. The van der Waals surface area contributed by atoms with Gasteiger partial charge in [-0.1, -0.05) is 29.3 Å². The predicted molar refractivity (Wildman–Crippen MR) is 89.1 cm³/mol. The number of aromatic nitrogens is 4. The van der Waals surface area contributed by atoms with Crippen LogP contribution in [-0.2, 0) is 6.18 Å². The summed E-state index contributed by atoms with van der Waals surface area (Å²) >= 11 is 12.1. The van der Waals surface area contributed by atoms with Gasteiger partial charge in [0.15, 0.2) is 5.65 Å². The first-order valence-electron chi connectivity index (χ1n) is 7.16. The summed E-state index contributed by atoms with van der Waals surface area (Å²) in [6.07, 6.45) is -4.64. The van der Waals surface area contributed by atoms with Gasteiger partial charge < -0.3 is 4.90 Å². The van der Waals surface area contributed by atoms with Gasteiger partial charge >= 0.3 is 6.18 Å². The first kappa shape index (κ1) is 17.8. The van der Waals surface area contributed by atoms with Gasteiger partial charge in [0.25, 0.3) is 5.82 Å². The molecule has 1 aromatic carbocycles. The number of fused-ring (bicyclic) bond motifs is 1. The first-order chi connectivity index (χ1) is 11.7. The van der Waals surface area contributed by atoms with Gasteiger partial charge in [0.05, 0.1) is 6.04 Å². The van der Waals surface area contributed by atoms with E-state index in [1.807, 2.05) is 6.92 Å². The van der Waals surface area contributed by atoms with E-state index in [1.165, 1.54) is 6.07 Å². The SMILES string of the molecule is C[C@H](c1ccc(Cl)cc1Cl)N(C)c1ccc2nnc(C(F)(F)F)n2n1. The van der Waals surface area contributed by atoms with Gasteiger partial charge in [-0.05, 0) is 36.8 Å². The predicted octanol–water partition coefficient (Wildman–Crippen LogP) is 4.65. The summed E-state index contributed by atoms with van der Waals surface area (Å²) in [6.45, 7) is 1.86. The normalized spacial score (nSPS) is 13.2. The molecule has 3 aromatic rings. The molecule has 0 N–H and O–H groups in total. The van der Waals surface area contributed by atoms with Gasteiger partial charge in [0.1, 0.15) is 5.82 Å². The highest BCUT2D eigenvalue weighted by atomic mass is 35.5. The summed E-state index contributed by atoms with van der Waals surface area (Å²) in [7, 11) is 1.71. The van der Waals surface area contributed by atoms with Crippen LogP contribution in [0.4, 0.5) is 19.0 Å². The quantitative estimate of drug-likeness (QED) is 0.654. The summed E-state index contributed by atoms with van der Waals surface area (Å²) in [5.41, 5.74) is 0.789. The highest BCUT2D eigenvalue weighted by Gasteiger charge is 2.37. The molecule has 2 heterocycles. The topological polar surface area (TPSA) is 46.3 Å². The third-order valence-electron chi connectivity index (χ3n) is 3.86. The van der Waals surface area contributed by atoms with E-state index in [0.717, 1.165) is 5.56 Å². The van der Waals surface area contributed by atoms with E-state index < -0.39 is 12.0 Å². The van der Waals surface area contributed by atoms with Crippen LogP contribution >= 0.6 is 23.2 Å². The minimum absolute atomic E-state index is 0.0154. The Balaban J connectivity index is 2.00. The minimum atomic E-state index is -4.64. The van der Waals surface area contributed by atoms with Crippen LogP contribution in [0, 0.1) is 0 Å². The summed E-state index contributed by atoms with van der Waals surface area (Å²) < 4.78 is 39.7. The van der Waals surface area contributed by atoms with Gasteiger partial charge in [-0.25, -0.2) is 0 Å². The maximum Gasteiger partial charge on any atom is 0.453 e. The molecule has 2 aromatic heterocycles. The second-order valence-electron chi connectivity index (χ2n) is 5.44. The van der Waals surface area contributed by atoms with Crippen LogP contribution in [0.2, 0.25) is 10.0 Å². The van der Waals surface area contributed by atoms with Crippen LogP contribution in [0.1, 0.15) is 24.4 Å². The number of benzene rings is 1. The molecular weight excluding hydrogens is 378 g/mol. The maximum atomic E-state index is 13.0.